The van der Waals surface area contributed by atoms with Crippen LogP contribution in [0.25, 0.3) is 0 Å². The van der Waals surface area contributed by atoms with E-state index in [0.717, 1.165) is 9.13 Å². The van der Waals surface area contributed by atoms with Crippen LogP contribution in [-0.4, -0.2) is 31.8 Å². The molecule has 3 aromatic rings. The molecule has 0 radical (unpaired) electrons. The van der Waals surface area contributed by atoms with Gasteiger partial charge in [0.15, 0.2) is 18.1 Å². The lowest BCUT2D eigenvalue weighted by Gasteiger charge is -2.09. The smallest absolute Gasteiger partial charge is 0.344 e. The number of methoxy groups -OCH3 is 1. The number of amides is 1. The summed E-state index contributed by atoms with van der Waals surface area (Å²) in [5.74, 6) is 0.593. The van der Waals surface area contributed by atoms with Crippen molar-refractivity contribution in [3.8, 4) is 17.2 Å². The molecule has 1 N–H and O–H groups in total. The zero-order valence-corrected chi connectivity index (χ0v) is 18.7. The molecule has 3 aromatic carbocycles. The molecular weight excluding hydrogens is 511 g/mol. The predicted molar refractivity (Wildman–Crippen MR) is 125 cm³/mol. The number of hydrogen-bond acceptors (Lipinski definition) is 6. The van der Waals surface area contributed by atoms with Gasteiger partial charge in [-0.3, -0.25) is 4.79 Å². The minimum atomic E-state index is -0.422. The Balaban J connectivity index is 1.48. The number of nitrogens with one attached hydrogen (secondary N) is 1. The number of esters is 1. The van der Waals surface area contributed by atoms with E-state index in [1.165, 1.54) is 13.3 Å². The molecule has 0 aliphatic heterocycles. The number of carbonyl (C=O) groups is 2. The fraction of sp³-hybridized carbons (Fsp3) is 0.0870. The maximum absolute atomic E-state index is 12.3. The first-order valence-corrected chi connectivity index (χ1v) is 10.3. The summed E-state index contributed by atoms with van der Waals surface area (Å²) in [5.41, 5.74) is 3.62. The molecule has 8 heteroatoms. The maximum Gasteiger partial charge on any atom is 0.344 e. The van der Waals surface area contributed by atoms with Crippen molar-refractivity contribution in [1.29, 1.82) is 0 Å². The zero-order chi connectivity index (χ0) is 22.1. The number of benzene rings is 3. The molecule has 31 heavy (non-hydrogen) atoms. The Bertz CT molecular complexity index is 1080. The first-order chi connectivity index (χ1) is 15.1. The van der Waals surface area contributed by atoms with E-state index >= 15 is 0 Å². The van der Waals surface area contributed by atoms with Crippen LogP contribution in [0.3, 0.4) is 0 Å². The topological polar surface area (TPSA) is 86.2 Å². The van der Waals surface area contributed by atoms with Gasteiger partial charge < -0.3 is 14.2 Å². The van der Waals surface area contributed by atoms with Gasteiger partial charge in [0.25, 0.3) is 5.91 Å². The fourth-order valence-corrected chi connectivity index (χ4v) is 3.11. The highest BCUT2D eigenvalue weighted by Crippen LogP contribution is 2.25. The average molecular weight is 530 g/mol. The van der Waals surface area contributed by atoms with Gasteiger partial charge in [-0.05, 0) is 76.7 Å². The van der Waals surface area contributed by atoms with Crippen molar-refractivity contribution >= 4 is 40.7 Å². The molecule has 0 fully saturated rings. The molecule has 3 rings (SSSR count). The Kier molecular flexibility index (Phi) is 7.99. The van der Waals surface area contributed by atoms with Gasteiger partial charge in [-0.15, -0.1) is 0 Å². The number of hydrazone groups is 1. The molecule has 0 aliphatic rings. The quantitative estimate of drug-likeness (QED) is 0.156. The van der Waals surface area contributed by atoms with E-state index < -0.39 is 11.9 Å². The van der Waals surface area contributed by atoms with E-state index in [0.29, 0.717) is 22.8 Å². The van der Waals surface area contributed by atoms with Crippen LogP contribution >= 0.6 is 22.6 Å². The molecule has 1 amide bonds. The monoisotopic (exact) mass is 530 g/mol. The van der Waals surface area contributed by atoms with E-state index in [4.69, 9.17) is 14.2 Å². The molecule has 0 unspecified atom stereocenters. The fourth-order valence-electron chi connectivity index (χ4n) is 2.50. The van der Waals surface area contributed by atoms with Gasteiger partial charge in [-0.2, -0.15) is 5.10 Å². The van der Waals surface area contributed by atoms with Crippen molar-refractivity contribution in [2.45, 2.75) is 0 Å². The van der Waals surface area contributed by atoms with E-state index in [1.807, 2.05) is 18.2 Å². The molecule has 158 valence electrons. The number of hydrogen-bond donors (Lipinski definition) is 1. The van der Waals surface area contributed by atoms with Crippen LogP contribution in [0, 0.1) is 3.57 Å². The Hall–Kier alpha value is -3.40. The van der Waals surface area contributed by atoms with E-state index in [9.17, 15) is 9.59 Å². The van der Waals surface area contributed by atoms with Crippen molar-refractivity contribution < 1.29 is 23.8 Å². The largest absolute Gasteiger partial charge is 0.493 e. The van der Waals surface area contributed by atoms with Gasteiger partial charge in [0, 0.05) is 3.57 Å². The lowest BCUT2D eigenvalue weighted by atomic mass is 10.2. The van der Waals surface area contributed by atoms with Crippen LogP contribution in [0.2, 0.25) is 0 Å². The van der Waals surface area contributed by atoms with Crippen molar-refractivity contribution in [3.63, 3.8) is 0 Å². The van der Waals surface area contributed by atoms with Crippen LogP contribution in [0.15, 0.2) is 77.9 Å². The number of carbonyl (C=O) groups excluding carboxylic acids is 2. The van der Waals surface area contributed by atoms with Crippen LogP contribution in [0.1, 0.15) is 15.9 Å². The Morgan fingerprint density at radius 3 is 2.35 bits per heavy atom. The summed E-state index contributed by atoms with van der Waals surface area (Å²) in [4.78, 5) is 24.1. The van der Waals surface area contributed by atoms with Gasteiger partial charge >= 0.3 is 5.97 Å². The normalized spacial score (nSPS) is 10.5. The van der Waals surface area contributed by atoms with E-state index in [-0.39, 0.29) is 6.61 Å². The summed E-state index contributed by atoms with van der Waals surface area (Å²) in [5, 5.41) is 3.90. The number of para-hydroxylation sites is 2. The Morgan fingerprint density at radius 2 is 1.65 bits per heavy atom. The van der Waals surface area contributed by atoms with Crippen LogP contribution < -0.4 is 19.6 Å². The molecule has 7 nitrogen and oxygen atoms in total. The lowest BCUT2D eigenvalue weighted by Crippen LogP contribution is -2.24. The summed E-state index contributed by atoms with van der Waals surface area (Å²) >= 11 is 2.09. The summed E-state index contributed by atoms with van der Waals surface area (Å²) in [6, 6.07) is 21.0. The van der Waals surface area contributed by atoms with Gasteiger partial charge in [0.2, 0.25) is 0 Å². The minimum Gasteiger partial charge on any atom is -0.493 e. The zero-order valence-electron chi connectivity index (χ0n) is 16.6. The lowest BCUT2D eigenvalue weighted by molar-refractivity contribution is -0.123. The van der Waals surface area contributed by atoms with Crippen molar-refractivity contribution in [3.05, 3.63) is 87.5 Å². The summed E-state index contributed by atoms with van der Waals surface area (Å²) in [6.07, 6.45) is 1.48. The standard InChI is InChI=1S/C23H19IN2O5/c1-29-20-8-4-5-9-21(20)30-15-22(27)26-25-14-16-10-12-17(13-11-16)31-23(28)18-6-2-3-7-19(18)24/h2-14H,15H2,1H3,(H,26,27)/b25-14+. The summed E-state index contributed by atoms with van der Waals surface area (Å²) < 4.78 is 16.8. The van der Waals surface area contributed by atoms with E-state index in [1.54, 1.807) is 54.6 Å². The third kappa shape index (κ3) is 6.54. The molecule has 0 spiro atoms. The molecule has 0 atom stereocenters. The molecule has 0 aromatic heterocycles. The van der Waals surface area contributed by atoms with E-state index in [2.05, 4.69) is 33.1 Å². The highest BCUT2D eigenvalue weighted by atomic mass is 127. The third-order valence-corrected chi connectivity index (χ3v) is 4.96. The average Bonchev–Trinajstić information content (AvgIpc) is 2.79. The van der Waals surface area contributed by atoms with Crippen LogP contribution in [0.5, 0.6) is 17.2 Å². The van der Waals surface area contributed by atoms with Crippen LogP contribution in [-0.2, 0) is 4.79 Å². The second-order valence-electron chi connectivity index (χ2n) is 6.17. The molecule has 0 saturated carbocycles. The molecular formula is C23H19IN2O5. The Morgan fingerprint density at radius 1 is 0.968 bits per heavy atom. The van der Waals surface area contributed by atoms with Crippen molar-refractivity contribution in [2.75, 3.05) is 13.7 Å². The SMILES string of the molecule is COc1ccccc1OCC(=O)N/N=C/c1ccc(OC(=O)c2ccccc2I)cc1. The van der Waals surface area contributed by atoms with Gasteiger partial charge in [-0.25, -0.2) is 10.2 Å². The van der Waals surface area contributed by atoms with Gasteiger partial charge in [-0.1, -0.05) is 24.3 Å². The van der Waals surface area contributed by atoms with Crippen molar-refractivity contribution in [2.24, 2.45) is 5.10 Å². The number of nitrogens with zero attached hydrogens (tertiary/aromatic N) is 1. The number of ether oxygens (including phenoxy) is 3. The highest BCUT2D eigenvalue weighted by Gasteiger charge is 2.11. The van der Waals surface area contributed by atoms with Gasteiger partial charge in [0.05, 0.1) is 18.9 Å². The molecule has 0 aliphatic carbocycles. The molecule has 0 bridgehead atoms. The third-order valence-electron chi connectivity index (χ3n) is 4.02. The predicted octanol–water partition coefficient (Wildman–Crippen LogP) is 4.05. The highest BCUT2D eigenvalue weighted by molar-refractivity contribution is 14.1. The number of rotatable bonds is 8. The minimum absolute atomic E-state index is 0.203. The molecule has 0 saturated heterocycles. The second kappa shape index (κ2) is 11.1. The maximum atomic E-state index is 12.3. The van der Waals surface area contributed by atoms with Gasteiger partial charge in [0.1, 0.15) is 5.75 Å². The van der Waals surface area contributed by atoms with Crippen LogP contribution in [0.4, 0.5) is 0 Å². The number of halogens is 1. The first-order valence-electron chi connectivity index (χ1n) is 9.21. The summed E-state index contributed by atoms with van der Waals surface area (Å²) in [7, 11) is 1.53. The first kappa shape index (κ1) is 22.3. The molecule has 0 heterocycles. The second-order valence-corrected chi connectivity index (χ2v) is 7.33. The van der Waals surface area contributed by atoms with Crippen molar-refractivity contribution in [1.82, 2.24) is 5.43 Å². The Labute approximate surface area is 193 Å². The summed E-state index contributed by atoms with van der Waals surface area (Å²) in [6.45, 7) is -0.203.